The second-order valence-corrected chi connectivity index (χ2v) is 24.9. The smallest absolute Gasteiger partial charge is 0.481 e. The highest BCUT2D eigenvalue weighted by Crippen LogP contribution is 2.61. The molecule has 4 rings (SSSR count). The Labute approximate surface area is 429 Å². The van der Waals surface area contributed by atoms with Crippen molar-refractivity contribution in [2.75, 3.05) is 32.0 Å². The van der Waals surface area contributed by atoms with Crippen molar-refractivity contribution in [2.24, 2.45) is 16.2 Å². The minimum atomic E-state index is -5.60. The van der Waals surface area contributed by atoms with Gasteiger partial charge < -0.3 is 56.0 Å². The van der Waals surface area contributed by atoms with E-state index in [2.05, 4.69) is 58.7 Å². The Kier molecular flexibility index (Phi) is 22.6. The summed E-state index contributed by atoms with van der Waals surface area (Å²) in [6.45, 7) is 8.38. The number of carbonyl (C=O) groups is 4. The van der Waals surface area contributed by atoms with Gasteiger partial charge in [-0.25, -0.2) is 28.6 Å². The predicted molar refractivity (Wildman–Crippen MR) is 265 cm³/mol. The molecule has 1 saturated heterocycles. The molecule has 1 aliphatic heterocycles. The van der Waals surface area contributed by atoms with Gasteiger partial charge >= 0.3 is 29.4 Å². The predicted octanol–water partition coefficient (Wildman–Crippen LogP) is 4.41. The van der Waals surface area contributed by atoms with E-state index in [1.807, 2.05) is 27.7 Å². The topological polar surface area (TPSA) is 401 Å². The lowest BCUT2D eigenvalue weighted by Gasteiger charge is -2.30. The normalized spacial score (nSPS) is 19.7. The van der Waals surface area contributed by atoms with Gasteiger partial charge in [0, 0.05) is 37.8 Å². The zero-order valence-corrected chi connectivity index (χ0v) is 45.1. The van der Waals surface area contributed by atoms with Gasteiger partial charge in [0.05, 0.1) is 26.0 Å². The Morgan fingerprint density at radius 1 is 0.811 bits per heavy atom. The van der Waals surface area contributed by atoms with Crippen molar-refractivity contribution < 1.29 is 90.4 Å². The molecule has 0 aliphatic carbocycles. The number of aryl methyl sites for hydroxylation is 2. The number of aliphatic hydroxyl groups is 2. The fourth-order valence-corrected chi connectivity index (χ4v) is 11.1. The number of ketones is 1. The van der Waals surface area contributed by atoms with Gasteiger partial charge in [0.2, 0.25) is 11.8 Å². The molecule has 7 unspecified atom stereocenters. The van der Waals surface area contributed by atoms with Gasteiger partial charge in [-0.15, -0.1) is 0 Å². The number of amides is 2. The van der Waals surface area contributed by atoms with Crippen LogP contribution < -0.4 is 16.4 Å². The molecule has 3 aromatic rings. The molecule has 3 heterocycles. The number of imidazole rings is 1. The van der Waals surface area contributed by atoms with Crippen molar-refractivity contribution in [1.82, 2.24) is 30.2 Å². The number of nitrogens with zero attached hydrogens (tertiary/aromatic N) is 4. The highest BCUT2D eigenvalue weighted by molar-refractivity contribution is 7.61. The van der Waals surface area contributed by atoms with Crippen LogP contribution in [0.15, 0.2) is 36.9 Å². The van der Waals surface area contributed by atoms with Crippen molar-refractivity contribution in [2.45, 2.75) is 149 Å². The molecule has 1 aromatic carbocycles. The van der Waals surface area contributed by atoms with E-state index in [0.29, 0.717) is 6.42 Å². The number of hydrogen-bond acceptors (Lipinski definition) is 18. The average molecular weight is 1110 g/mol. The molecule has 11 N–H and O–H groups in total. The third-order valence-corrected chi connectivity index (χ3v) is 15.4. The summed E-state index contributed by atoms with van der Waals surface area (Å²) in [6, 6.07) is 8.60. The molecule has 0 spiro atoms. The molecule has 2 amide bonds. The summed E-state index contributed by atoms with van der Waals surface area (Å²) < 4.78 is 62.6. The number of phosphoric ester groups is 3. The van der Waals surface area contributed by atoms with Crippen LogP contribution in [0.1, 0.15) is 123 Å². The molecule has 1 fully saturated rings. The lowest BCUT2D eigenvalue weighted by molar-refractivity contribution is -0.139. The Morgan fingerprint density at radius 2 is 1.38 bits per heavy atom. The maximum absolute atomic E-state index is 12.8. The van der Waals surface area contributed by atoms with Crippen molar-refractivity contribution in [3.8, 4) is 0 Å². The van der Waals surface area contributed by atoms with Crippen molar-refractivity contribution in [3.05, 3.63) is 48.0 Å². The number of aliphatic carboxylic acids is 1. The van der Waals surface area contributed by atoms with Crippen LogP contribution in [-0.2, 0) is 68.3 Å². The summed E-state index contributed by atoms with van der Waals surface area (Å²) in [5.74, 6) is -2.29. The first kappa shape index (κ1) is 62.4. The van der Waals surface area contributed by atoms with E-state index >= 15 is 0 Å². The zero-order chi connectivity index (χ0) is 55.3. The second kappa shape index (κ2) is 26.8. The number of benzene rings is 1. The van der Waals surface area contributed by atoms with E-state index in [1.54, 1.807) is 0 Å². The maximum Gasteiger partial charge on any atom is 0.481 e. The quantitative estimate of drug-likeness (QED) is 0.0298. The third kappa shape index (κ3) is 20.8. The minimum absolute atomic E-state index is 0.00867. The number of carboxylic acid groups (broad SMARTS) is 1. The summed E-state index contributed by atoms with van der Waals surface area (Å²) in [6.07, 6.45) is 1.08. The summed E-state index contributed by atoms with van der Waals surface area (Å²) >= 11 is 0. The van der Waals surface area contributed by atoms with Crippen LogP contribution >= 0.6 is 23.5 Å². The highest BCUT2D eigenvalue weighted by Gasteiger charge is 2.50. The van der Waals surface area contributed by atoms with Crippen LogP contribution in [0.4, 0.5) is 5.82 Å². The van der Waals surface area contributed by atoms with E-state index in [9.17, 15) is 62.7 Å². The van der Waals surface area contributed by atoms with Crippen LogP contribution in [-0.4, -0.2) is 129 Å². The van der Waals surface area contributed by atoms with Gasteiger partial charge in [-0.1, -0.05) is 78.6 Å². The van der Waals surface area contributed by atoms with Gasteiger partial charge in [-0.05, 0) is 60.5 Å². The van der Waals surface area contributed by atoms with E-state index in [0.717, 1.165) is 68.6 Å². The summed E-state index contributed by atoms with van der Waals surface area (Å²) in [5, 5.41) is 35.7. The number of aliphatic hydroxyl groups excluding tert-OH is 2. The molecule has 0 radical (unpaired) electrons. The first-order chi connectivity index (χ1) is 34.3. The molecule has 2 aromatic heterocycles. The number of phosphoric acid groups is 3. The summed E-state index contributed by atoms with van der Waals surface area (Å²) in [7, 11) is -16.5. The average Bonchev–Trinajstić information content (AvgIpc) is 3.84. The number of ether oxygens (including phenoxy) is 1. The number of aromatic nitrogens is 4. The number of unbranched alkanes of at least 4 members (excludes halogenated alkanes) is 2. The molecular weight excluding hydrogens is 1040 g/mol. The van der Waals surface area contributed by atoms with E-state index < -0.39 is 90.5 Å². The van der Waals surface area contributed by atoms with E-state index in [1.165, 1.54) is 25.0 Å². The molecule has 74 heavy (non-hydrogen) atoms. The number of carbonyl (C=O) groups excluding carboxylic acids is 3. The lowest BCUT2D eigenvalue weighted by atomic mass is 9.81. The van der Waals surface area contributed by atoms with Crippen LogP contribution in [0, 0.1) is 16.2 Å². The van der Waals surface area contributed by atoms with Crippen molar-refractivity contribution >= 4 is 64.0 Å². The van der Waals surface area contributed by atoms with Gasteiger partial charge in [-0.3, -0.25) is 37.3 Å². The fourth-order valence-electron chi connectivity index (χ4n) is 8.23. The number of Topliss-reactive ketones (excluding diaryl/α,β-unsaturated/α-hetero) is 1. The van der Waals surface area contributed by atoms with Gasteiger partial charge in [-0.2, -0.15) is 4.31 Å². The third-order valence-electron chi connectivity index (χ3n) is 12.3. The SMILES string of the molecule is CC(C)(CCCCc1ccc(CCCCC(C)(C)CC(=O)CCNC(=O)CCNC(=O)C(O)C(C)(C)COP(=O)(O)OP(=O)(O)OCC2OC(n3cnc4c(N)ncnc43)C(O)C2OP(=O)(O)O)cc1)CC(=O)O. The standard InChI is InChI=1S/C45H72N7O19P3/c1-43(2,19-9-7-11-29-13-15-30(16-14-29)12-8-10-20-44(3,4)24-34(55)56)23-31(53)17-21-47-33(54)18-22-48-41(59)38(58)45(5,6)26-68-74(65,66)71-73(63,64)67-25-32-37(70-72(60,61)62)36(57)42(69-32)52-28-51-35-39(46)49-27-50-40(35)52/h13-16,27-28,32,36-38,42,57-58H,7-12,17-26H2,1-6H3,(H,47,54)(H,48,59)(H,55,56)(H,63,64)(H,65,66)(H2,46,49,50)(H2,60,61,62). The largest absolute Gasteiger partial charge is 0.481 e. The lowest BCUT2D eigenvalue weighted by Crippen LogP contribution is -2.46. The maximum atomic E-state index is 12.8. The van der Waals surface area contributed by atoms with Crippen molar-refractivity contribution in [1.29, 1.82) is 0 Å². The highest BCUT2D eigenvalue weighted by atomic mass is 31.3. The minimum Gasteiger partial charge on any atom is -0.481 e. The van der Waals surface area contributed by atoms with Crippen LogP contribution in [0.5, 0.6) is 0 Å². The number of nitrogens with one attached hydrogen (secondary N) is 2. The molecule has 26 nitrogen and oxygen atoms in total. The fraction of sp³-hybridized carbons (Fsp3) is 0.667. The number of fused-ring (bicyclic) bond motifs is 1. The van der Waals surface area contributed by atoms with Gasteiger partial charge in [0.1, 0.15) is 42.0 Å². The van der Waals surface area contributed by atoms with Gasteiger partial charge in [0.25, 0.3) is 0 Å². The molecule has 1 aliphatic rings. The Bertz CT molecular complexity index is 2520. The van der Waals surface area contributed by atoms with Crippen LogP contribution in [0.3, 0.4) is 0 Å². The molecule has 0 bridgehead atoms. The Balaban J connectivity index is 1.11. The van der Waals surface area contributed by atoms with E-state index in [-0.39, 0.29) is 65.9 Å². The molecular formula is C45H72N7O19P3. The number of nitrogen functional groups attached to an aromatic ring is 1. The van der Waals surface area contributed by atoms with Crippen LogP contribution in [0.2, 0.25) is 0 Å². The van der Waals surface area contributed by atoms with Gasteiger partial charge in [0.15, 0.2) is 17.7 Å². The number of anilines is 1. The van der Waals surface area contributed by atoms with Crippen molar-refractivity contribution in [3.63, 3.8) is 0 Å². The monoisotopic (exact) mass is 1110 g/mol. The number of carboxylic acids is 1. The summed E-state index contributed by atoms with van der Waals surface area (Å²) in [5.41, 5.74) is 6.31. The first-order valence-corrected chi connectivity index (χ1v) is 28.5. The zero-order valence-electron chi connectivity index (χ0n) is 42.4. The molecule has 416 valence electrons. The molecule has 0 saturated carbocycles. The second-order valence-electron chi connectivity index (χ2n) is 20.7. The molecule has 29 heteroatoms. The Hall–Kier alpha value is -4.10. The van der Waals surface area contributed by atoms with Crippen LogP contribution in [0.25, 0.3) is 11.2 Å². The first-order valence-electron chi connectivity index (χ1n) is 24.0. The number of rotatable bonds is 33. The number of nitrogens with two attached hydrogens (primary N) is 1. The Morgan fingerprint density at radius 3 is 1.96 bits per heavy atom. The summed E-state index contributed by atoms with van der Waals surface area (Å²) in [4.78, 5) is 100. The number of hydrogen-bond donors (Lipinski definition) is 10. The molecule has 7 atom stereocenters. The van der Waals surface area contributed by atoms with E-state index in [4.69, 9.17) is 24.6 Å².